The van der Waals surface area contributed by atoms with E-state index in [-0.39, 0.29) is 19.9 Å². The molecule has 2 heterocycles. The fraction of sp³-hybridized carbons (Fsp3) is 0.500. The molecule has 0 aliphatic carbocycles. The smallest absolute Gasteiger partial charge is 0.383 e. The predicted molar refractivity (Wildman–Crippen MR) is 103 cm³/mol. The van der Waals surface area contributed by atoms with Crippen LogP contribution in [-0.4, -0.2) is 48.1 Å². The molecule has 1 saturated heterocycles. The van der Waals surface area contributed by atoms with E-state index >= 15 is 0 Å². The van der Waals surface area contributed by atoms with E-state index in [2.05, 4.69) is 6.58 Å². The molecule has 0 aromatic heterocycles. The molecular formula is C22H27NO6. The molecule has 0 bridgehead atoms. The van der Waals surface area contributed by atoms with Gasteiger partial charge in [-0.25, -0.2) is 9.28 Å². The molecule has 1 aromatic carbocycles. The van der Waals surface area contributed by atoms with E-state index in [1.54, 1.807) is 32.0 Å². The standard InChI is InChI=1S/C22H27NO6/c1-5-10-23(20(25)19(24)22(3,4)6-2)11-9-15(18(23)21(26)27)14-7-8-16-17(12-14)29-13-28-16/h5,7-8,12,15,18H,1,6,9-11,13H2,2-4H3/t15?,18-,23?/m0/s1. The van der Waals surface area contributed by atoms with Crippen LogP contribution >= 0.6 is 0 Å². The molecule has 2 unspecified atom stereocenters. The first-order chi connectivity index (χ1) is 13.7. The Kier molecular flexibility index (Phi) is 5.54. The van der Waals surface area contributed by atoms with Crippen molar-refractivity contribution >= 4 is 17.7 Å². The maximum Gasteiger partial charge on any atom is 0.383 e. The van der Waals surface area contributed by atoms with Crippen molar-refractivity contribution in [2.45, 2.75) is 45.6 Å². The summed E-state index contributed by atoms with van der Waals surface area (Å²) in [5.41, 5.74) is -0.140. The molecular weight excluding hydrogens is 374 g/mol. The highest BCUT2D eigenvalue weighted by Gasteiger charge is 2.57. The fourth-order valence-corrected chi connectivity index (χ4v) is 4.27. The molecule has 0 spiro atoms. The largest absolute Gasteiger partial charge is 0.544 e. The minimum Gasteiger partial charge on any atom is -0.544 e. The minimum absolute atomic E-state index is 0.0596. The molecule has 0 radical (unpaired) electrons. The number of Topliss-reactive ketones (excluding diaryl/α,β-unsaturated/α-hetero) is 1. The molecule has 3 atom stereocenters. The van der Waals surface area contributed by atoms with Gasteiger partial charge in [0.25, 0.3) is 5.78 Å². The van der Waals surface area contributed by atoms with Gasteiger partial charge in [-0.3, -0.25) is 4.79 Å². The first-order valence-electron chi connectivity index (χ1n) is 9.85. The van der Waals surface area contributed by atoms with Gasteiger partial charge in [-0.2, -0.15) is 0 Å². The van der Waals surface area contributed by atoms with Gasteiger partial charge < -0.3 is 19.4 Å². The molecule has 1 amide bonds. The van der Waals surface area contributed by atoms with Crippen LogP contribution in [0.4, 0.5) is 0 Å². The second kappa shape index (κ2) is 7.63. The van der Waals surface area contributed by atoms with Crippen LogP contribution < -0.4 is 14.6 Å². The lowest BCUT2D eigenvalue weighted by molar-refractivity contribution is -0.852. The van der Waals surface area contributed by atoms with Gasteiger partial charge in [-0.1, -0.05) is 33.4 Å². The van der Waals surface area contributed by atoms with Crippen LogP contribution in [-0.2, 0) is 14.4 Å². The second-order valence-electron chi connectivity index (χ2n) is 8.37. The van der Waals surface area contributed by atoms with Gasteiger partial charge in [0.05, 0.1) is 6.54 Å². The van der Waals surface area contributed by atoms with E-state index in [1.807, 2.05) is 6.92 Å². The van der Waals surface area contributed by atoms with Crippen LogP contribution in [0.25, 0.3) is 0 Å². The molecule has 29 heavy (non-hydrogen) atoms. The van der Waals surface area contributed by atoms with Crippen molar-refractivity contribution in [3.63, 3.8) is 0 Å². The zero-order valence-corrected chi connectivity index (χ0v) is 17.1. The summed E-state index contributed by atoms with van der Waals surface area (Å²) in [6.45, 7) is 9.35. The third-order valence-corrected chi connectivity index (χ3v) is 6.37. The molecule has 156 valence electrons. The van der Waals surface area contributed by atoms with E-state index in [0.717, 1.165) is 5.56 Å². The number of carbonyl (C=O) groups is 3. The zero-order chi connectivity index (χ0) is 21.4. The SMILES string of the molecule is C=CC[N+]1(C(=O)C(=O)C(C)(C)CC)CCC(c2ccc3c(c2)OCO3)[C@H]1C(=O)[O-]. The molecule has 7 nitrogen and oxygen atoms in total. The average Bonchev–Trinajstić information content (AvgIpc) is 3.31. The Labute approximate surface area is 170 Å². The fourth-order valence-electron chi connectivity index (χ4n) is 4.27. The average molecular weight is 401 g/mol. The Morgan fingerprint density at radius 2 is 1.97 bits per heavy atom. The summed E-state index contributed by atoms with van der Waals surface area (Å²) in [5, 5.41) is 12.3. The Balaban J connectivity index is 2.04. The van der Waals surface area contributed by atoms with Crippen LogP contribution in [0.2, 0.25) is 0 Å². The lowest BCUT2D eigenvalue weighted by Crippen LogP contribution is -2.65. The van der Waals surface area contributed by atoms with Crippen LogP contribution in [0.1, 0.15) is 45.1 Å². The van der Waals surface area contributed by atoms with Crippen molar-refractivity contribution in [3.05, 3.63) is 36.4 Å². The van der Waals surface area contributed by atoms with Gasteiger partial charge in [-0.05, 0) is 30.2 Å². The first-order valence-corrected chi connectivity index (χ1v) is 9.85. The maximum atomic E-state index is 13.4. The van der Waals surface area contributed by atoms with Gasteiger partial charge in [0, 0.05) is 17.8 Å². The Morgan fingerprint density at radius 1 is 1.28 bits per heavy atom. The highest BCUT2D eigenvalue weighted by Crippen LogP contribution is 2.43. The summed E-state index contributed by atoms with van der Waals surface area (Å²) in [7, 11) is 0. The topological polar surface area (TPSA) is 92.7 Å². The number of aliphatic carboxylic acids is 1. The van der Waals surface area contributed by atoms with Gasteiger partial charge in [0.1, 0.15) is 18.6 Å². The Hall–Kier alpha value is -2.67. The number of fused-ring (bicyclic) bond motifs is 1. The number of ketones is 1. The molecule has 2 aliphatic rings. The number of carbonyl (C=O) groups excluding carboxylic acids is 3. The lowest BCUT2D eigenvalue weighted by atomic mass is 9.83. The van der Waals surface area contributed by atoms with Crippen molar-refractivity contribution in [3.8, 4) is 11.5 Å². The summed E-state index contributed by atoms with van der Waals surface area (Å²) in [4.78, 5) is 38.6. The van der Waals surface area contributed by atoms with Crippen molar-refractivity contribution in [1.29, 1.82) is 0 Å². The van der Waals surface area contributed by atoms with E-state index in [1.165, 1.54) is 6.08 Å². The van der Waals surface area contributed by atoms with Crippen LogP contribution in [0.15, 0.2) is 30.9 Å². The van der Waals surface area contributed by atoms with Crippen LogP contribution in [0.3, 0.4) is 0 Å². The monoisotopic (exact) mass is 401 g/mol. The van der Waals surface area contributed by atoms with Gasteiger partial charge >= 0.3 is 5.91 Å². The van der Waals surface area contributed by atoms with Gasteiger partial charge in [0.2, 0.25) is 6.79 Å². The third kappa shape index (κ3) is 3.44. The number of nitrogens with zero attached hydrogens (tertiary/aromatic N) is 1. The number of carboxylic acids is 1. The number of carboxylic acid groups (broad SMARTS) is 1. The molecule has 1 fully saturated rings. The summed E-state index contributed by atoms with van der Waals surface area (Å²) >= 11 is 0. The van der Waals surface area contributed by atoms with Gasteiger partial charge in [0.15, 0.2) is 11.5 Å². The van der Waals surface area contributed by atoms with Crippen molar-refractivity contribution < 1.29 is 33.4 Å². The van der Waals surface area contributed by atoms with Gasteiger partial charge in [-0.15, -0.1) is 0 Å². The second-order valence-corrected chi connectivity index (χ2v) is 8.37. The number of hydrogen-bond acceptors (Lipinski definition) is 6. The first kappa shape index (κ1) is 21.0. The summed E-state index contributed by atoms with van der Waals surface area (Å²) in [6, 6.07) is 4.08. The number of likely N-dealkylation sites (tertiary alicyclic amines) is 1. The molecule has 2 aliphatic heterocycles. The molecule has 0 saturated carbocycles. The third-order valence-electron chi connectivity index (χ3n) is 6.37. The lowest BCUT2D eigenvalue weighted by Gasteiger charge is -2.39. The molecule has 0 N–H and O–H groups in total. The number of rotatable bonds is 7. The zero-order valence-electron chi connectivity index (χ0n) is 17.1. The summed E-state index contributed by atoms with van der Waals surface area (Å²) < 4.78 is 10.2. The van der Waals surface area contributed by atoms with Crippen LogP contribution in [0.5, 0.6) is 11.5 Å². The summed E-state index contributed by atoms with van der Waals surface area (Å²) in [6.07, 6.45) is 2.41. The van der Waals surface area contributed by atoms with E-state index in [4.69, 9.17) is 9.47 Å². The highest BCUT2D eigenvalue weighted by atomic mass is 16.7. The number of amides is 1. The quantitative estimate of drug-likeness (QED) is 0.391. The Bertz CT molecular complexity index is 861. The normalized spacial score (nSPS) is 25.6. The molecule has 3 rings (SSSR count). The molecule has 1 aromatic rings. The van der Waals surface area contributed by atoms with E-state index in [9.17, 15) is 19.5 Å². The minimum atomic E-state index is -1.34. The number of quaternary nitrogens is 1. The Morgan fingerprint density at radius 3 is 2.59 bits per heavy atom. The number of hydrogen-bond donors (Lipinski definition) is 0. The highest BCUT2D eigenvalue weighted by molar-refractivity contribution is 6.35. The number of ether oxygens (including phenoxy) is 2. The van der Waals surface area contributed by atoms with Crippen molar-refractivity contribution in [1.82, 2.24) is 0 Å². The number of benzene rings is 1. The van der Waals surface area contributed by atoms with Crippen molar-refractivity contribution in [2.24, 2.45) is 5.41 Å². The predicted octanol–water partition coefficient (Wildman–Crippen LogP) is 1.56. The van der Waals surface area contributed by atoms with Crippen molar-refractivity contribution in [2.75, 3.05) is 19.9 Å². The van der Waals surface area contributed by atoms with E-state index in [0.29, 0.717) is 24.3 Å². The molecule has 7 heteroatoms. The maximum absolute atomic E-state index is 13.4. The summed E-state index contributed by atoms with van der Waals surface area (Å²) in [5.74, 6) is -1.94. The van der Waals surface area contributed by atoms with Crippen LogP contribution in [0, 0.1) is 5.41 Å². The van der Waals surface area contributed by atoms with E-state index < -0.39 is 39.5 Å².